The lowest BCUT2D eigenvalue weighted by molar-refractivity contribution is 0.470. The number of unbranched alkanes of at least 4 members (excludes halogenated alkanes) is 1. The summed E-state index contributed by atoms with van der Waals surface area (Å²) >= 11 is 0. The Kier molecular flexibility index (Phi) is 5.35. The minimum atomic E-state index is -0.851. The molecule has 0 saturated carbocycles. The predicted octanol–water partition coefficient (Wildman–Crippen LogP) is 2.76. The van der Waals surface area contributed by atoms with Crippen molar-refractivity contribution < 1.29 is 0 Å². The van der Waals surface area contributed by atoms with E-state index >= 15 is 0 Å². The maximum Gasteiger partial charge on any atom is 0.141 e. The standard InChI is InChI=1S/C11H15N3/c1-10(7-12)5-3-4-6-11(2,8-13)9-14/h10H,3-6H2,1-2H3. The van der Waals surface area contributed by atoms with Gasteiger partial charge in [-0.3, -0.25) is 0 Å². The number of nitriles is 3. The average molecular weight is 189 g/mol. The number of rotatable bonds is 5. The van der Waals surface area contributed by atoms with Gasteiger partial charge in [0.2, 0.25) is 0 Å². The van der Waals surface area contributed by atoms with Crippen LogP contribution in [0.1, 0.15) is 39.5 Å². The topological polar surface area (TPSA) is 71.4 Å². The molecule has 14 heavy (non-hydrogen) atoms. The lowest BCUT2D eigenvalue weighted by Crippen LogP contribution is -2.10. The van der Waals surface area contributed by atoms with Crippen molar-refractivity contribution >= 4 is 0 Å². The molecule has 0 heterocycles. The second kappa shape index (κ2) is 6.01. The van der Waals surface area contributed by atoms with E-state index in [1.54, 1.807) is 6.92 Å². The maximum atomic E-state index is 8.72. The zero-order chi connectivity index (χ0) is 11.0. The van der Waals surface area contributed by atoms with E-state index in [9.17, 15) is 0 Å². The number of hydrogen-bond acceptors (Lipinski definition) is 3. The van der Waals surface area contributed by atoms with Gasteiger partial charge in [-0.2, -0.15) is 15.8 Å². The van der Waals surface area contributed by atoms with Crippen LogP contribution in [0, 0.1) is 45.3 Å². The highest BCUT2D eigenvalue weighted by Crippen LogP contribution is 2.22. The molecular weight excluding hydrogens is 174 g/mol. The Morgan fingerprint density at radius 2 is 1.71 bits per heavy atom. The average Bonchev–Trinajstić information content (AvgIpc) is 2.23. The highest BCUT2D eigenvalue weighted by Gasteiger charge is 2.22. The molecule has 0 saturated heterocycles. The van der Waals surface area contributed by atoms with E-state index in [0.29, 0.717) is 6.42 Å². The molecule has 0 N–H and O–H groups in total. The highest BCUT2D eigenvalue weighted by molar-refractivity contribution is 5.10. The number of nitrogens with zero attached hydrogens (tertiary/aromatic N) is 3. The van der Waals surface area contributed by atoms with Crippen molar-refractivity contribution in [1.29, 1.82) is 15.8 Å². The first-order chi connectivity index (χ1) is 6.58. The van der Waals surface area contributed by atoms with E-state index < -0.39 is 5.41 Å². The molecule has 0 aromatic carbocycles. The smallest absolute Gasteiger partial charge is 0.141 e. The summed E-state index contributed by atoms with van der Waals surface area (Å²) in [5.41, 5.74) is -0.851. The van der Waals surface area contributed by atoms with E-state index in [0.717, 1.165) is 19.3 Å². The zero-order valence-electron chi connectivity index (χ0n) is 8.75. The fraction of sp³-hybridized carbons (Fsp3) is 0.727. The van der Waals surface area contributed by atoms with Gasteiger partial charge in [-0.25, -0.2) is 0 Å². The van der Waals surface area contributed by atoms with Crippen LogP contribution in [0.3, 0.4) is 0 Å². The quantitative estimate of drug-likeness (QED) is 0.624. The van der Waals surface area contributed by atoms with Crippen molar-refractivity contribution in [2.75, 3.05) is 0 Å². The van der Waals surface area contributed by atoms with Crippen LogP contribution in [0.4, 0.5) is 0 Å². The molecule has 0 aliphatic rings. The van der Waals surface area contributed by atoms with Gasteiger partial charge >= 0.3 is 0 Å². The summed E-state index contributed by atoms with van der Waals surface area (Å²) in [5, 5.41) is 26.0. The first-order valence-electron chi connectivity index (χ1n) is 4.80. The molecule has 0 bridgehead atoms. The molecule has 3 nitrogen and oxygen atoms in total. The molecular formula is C11H15N3. The first-order valence-corrected chi connectivity index (χ1v) is 4.80. The van der Waals surface area contributed by atoms with E-state index in [1.807, 2.05) is 19.1 Å². The van der Waals surface area contributed by atoms with Crippen molar-refractivity contribution in [3.63, 3.8) is 0 Å². The molecule has 0 fully saturated rings. The van der Waals surface area contributed by atoms with Gasteiger partial charge in [0.05, 0.1) is 18.2 Å². The Hall–Kier alpha value is -1.53. The largest absolute Gasteiger partial charge is 0.198 e. The molecule has 0 aliphatic heterocycles. The number of hydrogen-bond donors (Lipinski definition) is 0. The SMILES string of the molecule is CC(C#N)CCCCC(C)(C#N)C#N. The van der Waals surface area contributed by atoms with Crippen molar-refractivity contribution in [2.45, 2.75) is 39.5 Å². The van der Waals surface area contributed by atoms with Crippen LogP contribution in [0.2, 0.25) is 0 Å². The van der Waals surface area contributed by atoms with Gasteiger partial charge in [-0.1, -0.05) is 12.8 Å². The fourth-order valence-corrected chi connectivity index (χ4v) is 1.13. The van der Waals surface area contributed by atoms with Gasteiger partial charge in [-0.05, 0) is 26.7 Å². The van der Waals surface area contributed by atoms with Crippen molar-refractivity contribution in [1.82, 2.24) is 0 Å². The van der Waals surface area contributed by atoms with E-state index in [2.05, 4.69) is 6.07 Å². The summed E-state index contributed by atoms with van der Waals surface area (Å²) in [6.45, 7) is 3.54. The van der Waals surface area contributed by atoms with Gasteiger partial charge in [0.15, 0.2) is 0 Å². The molecule has 0 radical (unpaired) electrons. The van der Waals surface area contributed by atoms with Crippen LogP contribution < -0.4 is 0 Å². The predicted molar refractivity (Wildman–Crippen MR) is 52.6 cm³/mol. The van der Waals surface area contributed by atoms with Gasteiger partial charge in [0.25, 0.3) is 0 Å². The van der Waals surface area contributed by atoms with Crippen LogP contribution in [-0.2, 0) is 0 Å². The third-order valence-corrected chi connectivity index (χ3v) is 2.28. The Morgan fingerprint density at radius 1 is 1.14 bits per heavy atom. The zero-order valence-corrected chi connectivity index (χ0v) is 8.75. The van der Waals surface area contributed by atoms with Crippen LogP contribution in [0.25, 0.3) is 0 Å². The molecule has 3 heteroatoms. The van der Waals surface area contributed by atoms with Gasteiger partial charge in [0, 0.05) is 5.92 Å². The van der Waals surface area contributed by atoms with Crippen LogP contribution >= 0.6 is 0 Å². The van der Waals surface area contributed by atoms with Crippen molar-refractivity contribution in [2.24, 2.45) is 11.3 Å². The molecule has 0 aromatic heterocycles. The fourth-order valence-electron chi connectivity index (χ4n) is 1.13. The molecule has 0 rings (SSSR count). The summed E-state index contributed by atoms with van der Waals surface area (Å²) in [4.78, 5) is 0. The van der Waals surface area contributed by atoms with E-state index in [-0.39, 0.29) is 5.92 Å². The maximum absolute atomic E-state index is 8.72. The first kappa shape index (κ1) is 12.5. The van der Waals surface area contributed by atoms with Crippen molar-refractivity contribution in [3.05, 3.63) is 0 Å². The van der Waals surface area contributed by atoms with Crippen LogP contribution in [0.5, 0.6) is 0 Å². The van der Waals surface area contributed by atoms with Crippen LogP contribution in [0.15, 0.2) is 0 Å². The molecule has 1 atom stereocenters. The summed E-state index contributed by atoms with van der Waals surface area (Å²) in [5.74, 6) is 0.0745. The van der Waals surface area contributed by atoms with Crippen LogP contribution in [-0.4, -0.2) is 0 Å². The lowest BCUT2D eigenvalue weighted by Gasteiger charge is -2.11. The minimum absolute atomic E-state index is 0.0745. The van der Waals surface area contributed by atoms with E-state index in [1.165, 1.54) is 0 Å². The Morgan fingerprint density at radius 3 is 2.14 bits per heavy atom. The Labute approximate surface area is 85.6 Å². The lowest BCUT2D eigenvalue weighted by atomic mass is 9.87. The summed E-state index contributed by atoms with van der Waals surface area (Å²) in [6.07, 6.45) is 3.19. The summed E-state index contributed by atoms with van der Waals surface area (Å²) in [7, 11) is 0. The minimum Gasteiger partial charge on any atom is -0.198 e. The monoisotopic (exact) mass is 189 g/mol. The van der Waals surface area contributed by atoms with Gasteiger partial charge in [-0.15, -0.1) is 0 Å². The molecule has 74 valence electrons. The third-order valence-electron chi connectivity index (χ3n) is 2.28. The second-order valence-electron chi connectivity index (χ2n) is 3.83. The molecule has 1 unspecified atom stereocenters. The second-order valence-corrected chi connectivity index (χ2v) is 3.83. The van der Waals surface area contributed by atoms with Gasteiger partial charge in [0.1, 0.15) is 5.41 Å². The summed E-state index contributed by atoms with van der Waals surface area (Å²) < 4.78 is 0. The molecule has 0 aliphatic carbocycles. The normalized spacial score (nSPS) is 12.2. The summed E-state index contributed by atoms with van der Waals surface area (Å²) in [6, 6.07) is 6.17. The third kappa shape index (κ3) is 4.48. The van der Waals surface area contributed by atoms with E-state index in [4.69, 9.17) is 15.8 Å². The molecule has 0 amide bonds. The Balaban J connectivity index is 3.73. The molecule has 0 spiro atoms. The highest BCUT2D eigenvalue weighted by atomic mass is 14.4. The Bertz CT molecular complexity index is 273. The van der Waals surface area contributed by atoms with Gasteiger partial charge < -0.3 is 0 Å². The molecule has 0 aromatic rings. The van der Waals surface area contributed by atoms with Crippen molar-refractivity contribution in [3.8, 4) is 18.2 Å².